The molecule has 0 saturated heterocycles. The number of carbonyl (C=O) groups is 2. The second-order valence-corrected chi connectivity index (χ2v) is 13.9. The van der Waals surface area contributed by atoms with Gasteiger partial charge in [-0.25, -0.2) is 18.4 Å². The van der Waals surface area contributed by atoms with Crippen LogP contribution in [-0.4, -0.2) is 82.1 Å². The summed E-state index contributed by atoms with van der Waals surface area (Å²) in [6.45, 7) is 3.29. The van der Waals surface area contributed by atoms with Crippen LogP contribution in [0.25, 0.3) is 0 Å². The van der Waals surface area contributed by atoms with Crippen molar-refractivity contribution >= 4 is 54.8 Å². The standard InChI is InChI=1S/2C13H16N2O5S.Na/c2*1-9-11(13(2,8-16)21(18,19)20)12(17)15(14-9)10-6-4-3-5-7-10;/h2*3-7,11,16H,8H2,1-2H3,(H,18,19,20);/q;;+1/p-1. The number of amides is 2. The fraction of sp³-hybridized carbons (Fsp3) is 0.385. The van der Waals surface area contributed by atoms with Crippen molar-refractivity contribution in [3.05, 3.63) is 60.7 Å². The number of hydrogen-bond donors (Lipinski definition) is 3. The Morgan fingerprint density at radius 1 is 0.744 bits per heavy atom. The minimum atomic E-state index is -4.90. The molecule has 228 valence electrons. The molecule has 4 unspecified atom stereocenters. The molecule has 2 aromatic carbocycles. The van der Waals surface area contributed by atoms with Gasteiger partial charge in [-0.3, -0.25) is 14.1 Å². The first-order chi connectivity index (χ1) is 19.4. The fourth-order valence-electron chi connectivity index (χ4n) is 4.68. The normalized spacial score (nSPS) is 21.6. The molecule has 2 aliphatic heterocycles. The number of rotatable bonds is 8. The van der Waals surface area contributed by atoms with Crippen LogP contribution in [0, 0.1) is 11.8 Å². The van der Waals surface area contributed by atoms with E-state index in [1.165, 1.54) is 13.8 Å². The molecule has 0 saturated carbocycles. The zero-order valence-corrected chi connectivity index (χ0v) is 27.8. The molecule has 43 heavy (non-hydrogen) atoms. The van der Waals surface area contributed by atoms with Crippen molar-refractivity contribution in [1.29, 1.82) is 0 Å². The van der Waals surface area contributed by atoms with Crippen LogP contribution < -0.4 is 39.6 Å². The Hall–Kier alpha value is -2.54. The number of para-hydroxylation sites is 2. The zero-order valence-electron chi connectivity index (χ0n) is 24.1. The molecule has 17 heteroatoms. The van der Waals surface area contributed by atoms with Crippen molar-refractivity contribution < 1.29 is 75.3 Å². The molecule has 4 rings (SSSR count). The van der Waals surface area contributed by atoms with Gasteiger partial charge in [0.15, 0.2) is 0 Å². The number of hydrogen-bond acceptors (Lipinski definition) is 11. The van der Waals surface area contributed by atoms with Crippen molar-refractivity contribution in [3.8, 4) is 0 Å². The molecule has 0 aliphatic carbocycles. The molecule has 2 amide bonds. The van der Waals surface area contributed by atoms with E-state index in [-0.39, 0.29) is 41.0 Å². The van der Waals surface area contributed by atoms with Gasteiger partial charge in [0.2, 0.25) is 0 Å². The van der Waals surface area contributed by atoms with Crippen LogP contribution in [0.1, 0.15) is 27.7 Å². The van der Waals surface area contributed by atoms with E-state index in [0.29, 0.717) is 11.4 Å². The molecule has 0 spiro atoms. The molecule has 4 atom stereocenters. The molecule has 14 nitrogen and oxygen atoms in total. The minimum Gasteiger partial charge on any atom is -0.747 e. The Bertz CT molecular complexity index is 1500. The summed E-state index contributed by atoms with van der Waals surface area (Å²) >= 11 is 0. The number of nitrogens with zero attached hydrogens (tertiary/aromatic N) is 4. The Morgan fingerprint density at radius 2 is 1.07 bits per heavy atom. The van der Waals surface area contributed by atoms with E-state index in [0.717, 1.165) is 23.9 Å². The Labute approximate surface area is 271 Å². The predicted octanol–water partition coefficient (Wildman–Crippen LogP) is -2.01. The summed E-state index contributed by atoms with van der Waals surface area (Å²) in [7, 11) is -9.55. The van der Waals surface area contributed by atoms with Gasteiger partial charge in [0.25, 0.3) is 21.9 Å². The third-order valence-electron chi connectivity index (χ3n) is 7.27. The van der Waals surface area contributed by atoms with Crippen LogP contribution in [0.2, 0.25) is 0 Å². The third-order valence-corrected chi connectivity index (χ3v) is 10.3. The summed E-state index contributed by atoms with van der Waals surface area (Å²) in [5.41, 5.74) is 1.35. The summed E-state index contributed by atoms with van der Waals surface area (Å²) in [5, 5.41) is 29.0. The van der Waals surface area contributed by atoms with E-state index in [4.69, 9.17) is 0 Å². The quantitative estimate of drug-likeness (QED) is 0.211. The van der Waals surface area contributed by atoms with Gasteiger partial charge < -0.3 is 14.8 Å². The monoisotopic (exact) mass is 646 g/mol. The smallest absolute Gasteiger partial charge is 0.747 e. The fourth-order valence-corrected chi connectivity index (χ4v) is 6.13. The van der Waals surface area contributed by atoms with Gasteiger partial charge >= 0.3 is 29.6 Å². The van der Waals surface area contributed by atoms with E-state index in [1.807, 2.05) is 0 Å². The summed E-state index contributed by atoms with van der Waals surface area (Å²) in [5.74, 6) is -3.79. The molecule has 0 aromatic heterocycles. The van der Waals surface area contributed by atoms with Crippen LogP contribution in [-0.2, 0) is 29.8 Å². The predicted molar refractivity (Wildman–Crippen MR) is 153 cm³/mol. The van der Waals surface area contributed by atoms with Gasteiger partial charge in [-0.05, 0) is 52.0 Å². The number of hydrazone groups is 2. The average molecular weight is 647 g/mol. The van der Waals surface area contributed by atoms with Crippen molar-refractivity contribution in [1.82, 2.24) is 0 Å². The topological polar surface area (TPSA) is 217 Å². The van der Waals surface area contributed by atoms with Crippen LogP contribution in [0.5, 0.6) is 0 Å². The van der Waals surface area contributed by atoms with Gasteiger partial charge in [0, 0.05) is 0 Å². The maximum Gasteiger partial charge on any atom is 1.00 e. The van der Waals surface area contributed by atoms with E-state index < -0.39 is 66.6 Å². The summed E-state index contributed by atoms with van der Waals surface area (Å²) in [6.07, 6.45) is 0. The first-order valence-corrected chi connectivity index (χ1v) is 15.3. The van der Waals surface area contributed by atoms with E-state index >= 15 is 0 Å². The SMILES string of the molecule is CC1=NN(c2ccccc2)C(=O)C1C(C)(CO)S(=O)(=O)O.CC1=NN(c2ccccc2)C(=O)C1C(C)(CO)S(=O)(=O)[O-].[Na+]. The molecule has 2 aliphatic rings. The maximum atomic E-state index is 12.5. The average Bonchev–Trinajstić information content (AvgIpc) is 3.41. The van der Waals surface area contributed by atoms with Crippen LogP contribution in [0.15, 0.2) is 70.9 Å². The molecular formula is C26H31N4NaO10S2. The second kappa shape index (κ2) is 13.6. The largest absolute Gasteiger partial charge is 1.00 e. The van der Waals surface area contributed by atoms with Gasteiger partial charge in [-0.1, -0.05) is 36.4 Å². The molecular weight excluding hydrogens is 615 g/mol. The summed E-state index contributed by atoms with van der Waals surface area (Å²) in [4.78, 5) is 25.0. The number of aliphatic hydroxyl groups is 2. The number of aliphatic hydroxyl groups excluding tert-OH is 2. The van der Waals surface area contributed by atoms with Crippen molar-refractivity contribution in [2.24, 2.45) is 22.0 Å². The summed E-state index contributed by atoms with van der Waals surface area (Å²) in [6, 6.07) is 17.0. The molecule has 0 fully saturated rings. The van der Waals surface area contributed by atoms with Gasteiger partial charge in [0.1, 0.15) is 26.7 Å². The zero-order chi connectivity index (χ0) is 31.7. The summed E-state index contributed by atoms with van der Waals surface area (Å²) < 4.78 is 62.8. The van der Waals surface area contributed by atoms with Crippen molar-refractivity contribution in [2.45, 2.75) is 37.2 Å². The Balaban J connectivity index is 0.000000293. The van der Waals surface area contributed by atoms with E-state index in [1.54, 1.807) is 60.7 Å². The third kappa shape index (κ3) is 6.92. The first kappa shape index (κ1) is 36.7. The van der Waals surface area contributed by atoms with Crippen LogP contribution >= 0.6 is 0 Å². The molecule has 2 aromatic rings. The first-order valence-electron chi connectivity index (χ1n) is 12.5. The molecule has 0 radical (unpaired) electrons. The van der Waals surface area contributed by atoms with E-state index in [2.05, 4.69) is 10.2 Å². The van der Waals surface area contributed by atoms with Crippen LogP contribution in [0.4, 0.5) is 11.4 Å². The molecule has 2 heterocycles. The van der Waals surface area contributed by atoms with E-state index in [9.17, 15) is 45.7 Å². The number of carbonyl (C=O) groups excluding carboxylic acids is 2. The molecule has 0 bridgehead atoms. The Kier molecular flexibility index (Phi) is 11.6. The van der Waals surface area contributed by atoms with Gasteiger partial charge in [0.05, 0.1) is 40.8 Å². The number of anilines is 2. The number of benzene rings is 2. The van der Waals surface area contributed by atoms with Gasteiger partial charge in [-0.2, -0.15) is 18.6 Å². The Morgan fingerprint density at radius 3 is 1.35 bits per heavy atom. The van der Waals surface area contributed by atoms with Crippen molar-refractivity contribution in [3.63, 3.8) is 0 Å². The van der Waals surface area contributed by atoms with Gasteiger partial charge in [-0.15, -0.1) is 0 Å². The second-order valence-electron chi connectivity index (χ2n) is 10.2. The van der Waals surface area contributed by atoms with Crippen LogP contribution in [0.3, 0.4) is 0 Å². The minimum absolute atomic E-state index is 0. The van der Waals surface area contributed by atoms with Crippen molar-refractivity contribution in [2.75, 3.05) is 23.2 Å². The molecule has 3 N–H and O–H groups in total. The maximum absolute atomic E-state index is 12.5.